The van der Waals surface area contributed by atoms with Crippen LogP contribution in [0.4, 0.5) is 4.39 Å². The molecule has 2 aromatic carbocycles. The van der Waals surface area contributed by atoms with Crippen molar-refractivity contribution in [2.75, 3.05) is 0 Å². The third-order valence-corrected chi connectivity index (χ3v) is 5.03. The van der Waals surface area contributed by atoms with Crippen LogP contribution in [0.2, 0.25) is 0 Å². The molecule has 0 aliphatic carbocycles. The summed E-state index contributed by atoms with van der Waals surface area (Å²) in [5.41, 5.74) is 0.134. The van der Waals surface area contributed by atoms with Crippen LogP contribution in [0.3, 0.4) is 0 Å². The predicted molar refractivity (Wildman–Crippen MR) is 97.4 cm³/mol. The van der Waals surface area contributed by atoms with E-state index in [2.05, 4.69) is 15.6 Å². The zero-order chi connectivity index (χ0) is 18.1. The Bertz CT molecular complexity index is 1180. The normalized spacial score (nSPS) is 11.1. The van der Waals surface area contributed by atoms with E-state index in [1.165, 1.54) is 23.5 Å². The molecule has 2 heterocycles. The molecule has 0 aliphatic heterocycles. The van der Waals surface area contributed by atoms with Gasteiger partial charge in [-0.2, -0.15) is 0 Å². The summed E-state index contributed by atoms with van der Waals surface area (Å²) >= 11 is 1.48. The number of fused-ring (bicyclic) bond motifs is 2. The zero-order valence-corrected chi connectivity index (χ0v) is 14.3. The van der Waals surface area contributed by atoms with Crippen LogP contribution in [0.25, 0.3) is 21.0 Å². The van der Waals surface area contributed by atoms with Gasteiger partial charge in [0.25, 0.3) is 5.56 Å². The smallest absolute Gasteiger partial charge is 0.278 e. The number of benzene rings is 2. The molecule has 4 rings (SSSR count). The Labute approximate surface area is 150 Å². The fourth-order valence-corrected chi connectivity index (χ4v) is 3.65. The van der Waals surface area contributed by atoms with Crippen LogP contribution in [0, 0.1) is 5.82 Å². The average Bonchev–Trinajstić information content (AvgIpc) is 3.04. The Morgan fingerprint density at radius 2 is 2.04 bits per heavy atom. The van der Waals surface area contributed by atoms with Gasteiger partial charge in [-0.15, -0.1) is 16.4 Å². The maximum atomic E-state index is 13.2. The van der Waals surface area contributed by atoms with Gasteiger partial charge in [-0.05, 0) is 41.8 Å². The molecule has 0 aliphatic rings. The zero-order valence-electron chi connectivity index (χ0n) is 13.5. The van der Waals surface area contributed by atoms with E-state index in [4.69, 9.17) is 0 Å². The average molecular weight is 368 g/mol. The molecule has 0 spiro atoms. The number of nitrogens with zero attached hydrogens (tertiary/aromatic N) is 3. The van der Waals surface area contributed by atoms with Crippen LogP contribution < -0.4 is 10.9 Å². The molecule has 2 aromatic heterocycles. The first kappa shape index (κ1) is 16.3. The third kappa shape index (κ3) is 3.18. The highest BCUT2D eigenvalue weighted by atomic mass is 32.1. The van der Waals surface area contributed by atoms with Gasteiger partial charge in [-0.1, -0.05) is 17.3 Å². The van der Waals surface area contributed by atoms with E-state index in [-0.39, 0.29) is 23.8 Å². The molecular formula is C18H13FN4O2S. The molecular weight excluding hydrogens is 355 g/mol. The van der Waals surface area contributed by atoms with Crippen LogP contribution in [-0.4, -0.2) is 20.9 Å². The molecule has 0 radical (unpaired) electrons. The Kier molecular flexibility index (Phi) is 4.18. The highest BCUT2D eigenvalue weighted by Gasteiger charge is 2.10. The number of nitrogens with one attached hydrogen (secondary N) is 1. The first-order valence-electron chi connectivity index (χ1n) is 7.87. The molecule has 0 fully saturated rings. The van der Waals surface area contributed by atoms with Crippen LogP contribution in [0.1, 0.15) is 4.88 Å². The van der Waals surface area contributed by atoms with Gasteiger partial charge in [-0.25, -0.2) is 9.07 Å². The fraction of sp³-hybridized carbons (Fsp3) is 0.111. The van der Waals surface area contributed by atoms with Gasteiger partial charge in [-0.3, -0.25) is 9.59 Å². The summed E-state index contributed by atoms with van der Waals surface area (Å²) in [6.45, 7) is 0.0890. The molecule has 130 valence electrons. The third-order valence-electron chi connectivity index (χ3n) is 3.91. The van der Waals surface area contributed by atoms with Crippen molar-refractivity contribution < 1.29 is 9.18 Å². The van der Waals surface area contributed by atoms with Crippen molar-refractivity contribution in [1.29, 1.82) is 0 Å². The maximum absolute atomic E-state index is 13.2. The van der Waals surface area contributed by atoms with Gasteiger partial charge in [0.2, 0.25) is 5.91 Å². The van der Waals surface area contributed by atoms with Gasteiger partial charge in [0.15, 0.2) is 0 Å². The maximum Gasteiger partial charge on any atom is 0.278 e. The quantitative estimate of drug-likeness (QED) is 0.600. The van der Waals surface area contributed by atoms with Crippen LogP contribution in [-0.2, 0) is 17.9 Å². The molecule has 0 atom stereocenters. The molecule has 8 heteroatoms. The fourth-order valence-electron chi connectivity index (χ4n) is 2.66. The standard InChI is InChI=1S/C18H13FN4O2S/c19-12-5-6-16-11(7-12)8-13(26-16)9-20-17(24)10-23-18(25)14-3-1-2-4-15(14)21-22-23/h1-8H,9-10H2,(H,20,24). The highest BCUT2D eigenvalue weighted by molar-refractivity contribution is 7.19. The Morgan fingerprint density at radius 3 is 2.92 bits per heavy atom. The summed E-state index contributed by atoms with van der Waals surface area (Å²) < 4.78 is 15.2. The number of rotatable bonds is 4. The lowest BCUT2D eigenvalue weighted by molar-refractivity contribution is -0.122. The molecule has 0 saturated carbocycles. The number of hydrogen-bond acceptors (Lipinski definition) is 5. The second kappa shape index (κ2) is 6.64. The van der Waals surface area contributed by atoms with Crippen LogP contribution in [0.15, 0.2) is 53.3 Å². The summed E-state index contributed by atoms with van der Waals surface area (Å²) in [6, 6.07) is 13.3. The van der Waals surface area contributed by atoms with E-state index in [1.807, 2.05) is 6.07 Å². The Morgan fingerprint density at radius 1 is 1.19 bits per heavy atom. The van der Waals surface area contributed by atoms with E-state index in [0.717, 1.165) is 19.6 Å². The van der Waals surface area contributed by atoms with Crippen molar-refractivity contribution in [3.8, 4) is 0 Å². The minimum Gasteiger partial charge on any atom is -0.350 e. The van der Waals surface area contributed by atoms with Crippen molar-refractivity contribution in [1.82, 2.24) is 20.3 Å². The Balaban J connectivity index is 1.47. The van der Waals surface area contributed by atoms with Gasteiger partial charge >= 0.3 is 0 Å². The number of hydrogen-bond donors (Lipinski definition) is 1. The summed E-state index contributed by atoms with van der Waals surface area (Å²) in [6.07, 6.45) is 0. The second-order valence-electron chi connectivity index (χ2n) is 5.74. The van der Waals surface area contributed by atoms with E-state index < -0.39 is 0 Å². The SMILES string of the molecule is O=C(Cn1nnc2ccccc2c1=O)NCc1cc2cc(F)ccc2s1. The minimum absolute atomic E-state index is 0.212. The molecule has 1 amide bonds. The Hall–Kier alpha value is -3.13. The summed E-state index contributed by atoms with van der Waals surface area (Å²) in [5, 5.41) is 11.7. The highest BCUT2D eigenvalue weighted by Crippen LogP contribution is 2.26. The van der Waals surface area contributed by atoms with Crippen molar-refractivity contribution in [3.63, 3.8) is 0 Å². The van der Waals surface area contributed by atoms with Gasteiger partial charge in [0.1, 0.15) is 17.9 Å². The molecule has 0 saturated heterocycles. The molecule has 0 bridgehead atoms. The molecule has 0 unspecified atom stereocenters. The van der Waals surface area contributed by atoms with E-state index in [1.54, 1.807) is 30.3 Å². The van der Waals surface area contributed by atoms with Crippen molar-refractivity contribution in [2.45, 2.75) is 13.1 Å². The number of halogens is 1. The van der Waals surface area contributed by atoms with E-state index >= 15 is 0 Å². The summed E-state index contributed by atoms with van der Waals surface area (Å²) in [4.78, 5) is 25.4. The number of aromatic nitrogens is 3. The van der Waals surface area contributed by atoms with Gasteiger partial charge < -0.3 is 5.32 Å². The van der Waals surface area contributed by atoms with Gasteiger partial charge in [0.05, 0.1) is 11.9 Å². The molecule has 26 heavy (non-hydrogen) atoms. The van der Waals surface area contributed by atoms with Crippen LogP contribution >= 0.6 is 11.3 Å². The lowest BCUT2D eigenvalue weighted by Gasteiger charge is -2.05. The van der Waals surface area contributed by atoms with E-state index in [0.29, 0.717) is 17.4 Å². The first-order chi connectivity index (χ1) is 12.6. The number of carbonyl (C=O) groups is 1. The van der Waals surface area contributed by atoms with E-state index in [9.17, 15) is 14.0 Å². The molecule has 4 aromatic rings. The minimum atomic E-state index is -0.358. The molecule has 6 nitrogen and oxygen atoms in total. The summed E-state index contributed by atoms with van der Waals surface area (Å²) in [5.74, 6) is -0.638. The summed E-state index contributed by atoms with van der Waals surface area (Å²) in [7, 11) is 0. The first-order valence-corrected chi connectivity index (χ1v) is 8.69. The van der Waals surface area contributed by atoms with Crippen LogP contribution in [0.5, 0.6) is 0 Å². The topological polar surface area (TPSA) is 76.9 Å². The van der Waals surface area contributed by atoms with Gasteiger partial charge in [0, 0.05) is 9.58 Å². The number of thiophene rings is 1. The molecule has 1 N–H and O–H groups in total. The monoisotopic (exact) mass is 368 g/mol. The largest absolute Gasteiger partial charge is 0.350 e. The van der Waals surface area contributed by atoms with Crippen molar-refractivity contribution in [2.24, 2.45) is 0 Å². The number of carbonyl (C=O) groups excluding carboxylic acids is 1. The second-order valence-corrected chi connectivity index (χ2v) is 6.91. The van der Waals surface area contributed by atoms with Crippen molar-refractivity contribution in [3.05, 3.63) is 69.6 Å². The lowest BCUT2D eigenvalue weighted by atomic mass is 10.2. The lowest BCUT2D eigenvalue weighted by Crippen LogP contribution is -2.33. The van der Waals surface area contributed by atoms with Crippen molar-refractivity contribution >= 4 is 38.2 Å². The predicted octanol–water partition coefficient (Wildman–Crippen LogP) is 2.46. The number of amides is 1.